The number of nitrogens with zero attached hydrogens (tertiary/aromatic N) is 2. The molecule has 126 valence electrons. The second kappa shape index (κ2) is 5.95. The Morgan fingerprint density at radius 2 is 1.96 bits per heavy atom. The maximum absolute atomic E-state index is 12.3. The number of rotatable bonds is 1. The van der Waals surface area contributed by atoms with Crippen molar-refractivity contribution in [2.75, 3.05) is 11.9 Å². The molecule has 0 bridgehead atoms. The molecule has 1 aromatic carbocycles. The summed E-state index contributed by atoms with van der Waals surface area (Å²) in [6.45, 7) is 5.23. The van der Waals surface area contributed by atoms with Crippen molar-refractivity contribution in [2.45, 2.75) is 32.4 Å². The van der Waals surface area contributed by atoms with Crippen LogP contribution in [0.25, 0.3) is 11.0 Å². The summed E-state index contributed by atoms with van der Waals surface area (Å²) in [5.74, 6) is 0.0905. The Balaban J connectivity index is 1.78. The number of ether oxygens (including phenoxy) is 2. The molecule has 0 unspecified atom stereocenters. The molecule has 8 heteroatoms. The maximum Gasteiger partial charge on any atom is 0.408 e. The van der Waals surface area contributed by atoms with E-state index in [0.717, 1.165) is 0 Å². The van der Waals surface area contributed by atoms with Crippen molar-refractivity contribution in [1.29, 1.82) is 0 Å². The molecule has 2 aromatic rings. The Morgan fingerprint density at radius 1 is 1.29 bits per heavy atom. The van der Waals surface area contributed by atoms with E-state index in [1.165, 1.54) is 0 Å². The molecule has 1 aromatic heterocycles. The number of anilines is 1. The number of benzene rings is 1. The third-order valence-electron chi connectivity index (χ3n) is 3.24. The SMILES string of the molecule is CC(C)(C)OC(=O)N[C@H]1COc2cc3nccnc3cc2NC1=O. The van der Waals surface area contributed by atoms with E-state index in [2.05, 4.69) is 20.6 Å². The molecule has 0 fully saturated rings. The molecule has 0 radical (unpaired) electrons. The third-order valence-corrected chi connectivity index (χ3v) is 3.24. The van der Waals surface area contributed by atoms with Crippen molar-refractivity contribution in [3.8, 4) is 5.75 Å². The highest BCUT2D eigenvalue weighted by Gasteiger charge is 2.28. The van der Waals surface area contributed by atoms with Crippen LogP contribution in [0.4, 0.5) is 10.5 Å². The lowest BCUT2D eigenvalue weighted by Crippen LogP contribution is -2.48. The minimum absolute atomic E-state index is 0.0101. The number of carbonyl (C=O) groups is 2. The maximum atomic E-state index is 12.3. The second-order valence-electron chi connectivity index (χ2n) is 6.39. The van der Waals surface area contributed by atoms with E-state index in [1.807, 2.05) is 0 Å². The zero-order valence-corrected chi connectivity index (χ0v) is 13.6. The molecule has 2 heterocycles. The first-order valence-corrected chi connectivity index (χ1v) is 7.50. The highest BCUT2D eigenvalue weighted by atomic mass is 16.6. The van der Waals surface area contributed by atoms with E-state index in [9.17, 15) is 9.59 Å². The van der Waals surface area contributed by atoms with Crippen molar-refractivity contribution in [2.24, 2.45) is 0 Å². The lowest BCUT2D eigenvalue weighted by Gasteiger charge is -2.22. The fourth-order valence-corrected chi connectivity index (χ4v) is 2.23. The van der Waals surface area contributed by atoms with Crippen LogP contribution in [0.1, 0.15) is 20.8 Å². The van der Waals surface area contributed by atoms with Gasteiger partial charge in [-0.15, -0.1) is 0 Å². The Hall–Kier alpha value is -2.90. The molecular weight excluding hydrogens is 312 g/mol. The summed E-state index contributed by atoms with van der Waals surface area (Å²) in [6, 6.07) is 2.52. The van der Waals surface area contributed by atoms with Crippen LogP contribution in [0.3, 0.4) is 0 Å². The largest absolute Gasteiger partial charge is 0.489 e. The van der Waals surface area contributed by atoms with Crippen molar-refractivity contribution in [1.82, 2.24) is 15.3 Å². The summed E-state index contributed by atoms with van der Waals surface area (Å²) >= 11 is 0. The number of hydrogen-bond acceptors (Lipinski definition) is 6. The molecule has 3 rings (SSSR count). The fraction of sp³-hybridized carbons (Fsp3) is 0.375. The van der Waals surface area contributed by atoms with E-state index >= 15 is 0 Å². The molecule has 0 aliphatic carbocycles. The van der Waals surface area contributed by atoms with Gasteiger partial charge in [-0.25, -0.2) is 4.79 Å². The van der Waals surface area contributed by atoms with Crippen LogP contribution < -0.4 is 15.4 Å². The van der Waals surface area contributed by atoms with Crippen LogP contribution in [-0.2, 0) is 9.53 Å². The summed E-state index contributed by atoms with van der Waals surface area (Å²) < 4.78 is 10.8. The Labute approximate surface area is 138 Å². The lowest BCUT2D eigenvalue weighted by molar-refractivity contribution is -0.118. The normalized spacial score (nSPS) is 17.3. The number of amides is 2. The summed E-state index contributed by atoms with van der Waals surface area (Å²) in [6.07, 6.45) is 2.48. The van der Waals surface area contributed by atoms with Gasteiger partial charge in [-0.1, -0.05) is 0 Å². The highest BCUT2D eigenvalue weighted by Crippen LogP contribution is 2.30. The minimum atomic E-state index is -0.865. The second-order valence-corrected chi connectivity index (χ2v) is 6.39. The molecular formula is C16H18N4O4. The molecule has 24 heavy (non-hydrogen) atoms. The van der Waals surface area contributed by atoms with Gasteiger partial charge in [0, 0.05) is 18.5 Å². The van der Waals surface area contributed by atoms with E-state index in [-0.39, 0.29) is 12.5 Å². The molecule has 2 N–H and O–H groups in total. The number of alkyl carbamates (subject to hydrolysis) is 1. The minimum Gasteiger partial charge on any atom is -0.489 e. The van der Waals surface area contributed by atoms with Crippen molar-refractivity contribution in [3.05, 3.63) is 24.5 Å². The van der Waals surface area contributed by atoms with Crippen LogP contribution in [0.15, 0.2) is 24.5 Å². The molecule has 0 saturated carbocycles. The predicted octanol–water partition coefficient (Wildman–Crippen LogP) is 1.85. The standard InChI is InChI=1S/C16H18N4O4/c1-16(2,3)24-15(22)20-12-8-23-13-7-10-9(17-4-5-18-10)6-11(13)19-14(12)21/h4-7,12H,8H2,1-3H3,(H,19,21)(H,20,22)/t12-/m0/s1. The van der Waals surface area contributed by atoms with Crippen LogP contribution in [0.2, 0.25) is 0 Å². The van der Waals surface area contributed by atoms with Gasteiger partial charge in [-0.05, 0) is 26.8 Å². The lowest BCUT2D eigenvalue weighted by atomic mass is 10.2. The zero-order chi connectivity index (χ0) is 17.3. The molecule has 0 spiro atoms. The first kappa shape index (κ1) is 16.0. The first-order valence-electron chi connectivity index (χ1n) is 7.50. The number of aromatic nitrogens is 2. The molecule has 0 saturated heterocycles. The average Bonchev–Trinajstić information content (AvgIpc) is 2.62. The van der Waals surface area contributed by atoms with Crippen molar-refractivity contribution in [3.63, 3.8) is 0 Å². The Kier molecular flexibility index (Phi) is 3.96. The first-order chi connectivity index (χ1) is 11.3. The van der Waals surface area contributed by atoms with Gasteiger partial charge in [0.1, 0.15) is 24.0 Å². The van der Waals surface area contributed by atoms with Crippen molar-refractivity contribution >= 4 is 28.7 Å². The van der Waals surface area contributed by atoms with Gasteiger partial charge in [-0.3, -0.25) is 14.8 Å². The summed E-state index contributed by atoms with van der Waals surface area (Å²) in [5.41, 5.74) is 1.13. The third kappa shape index (κ3) is 3.53. The average molecular weight is 330 g/mol. The molecule has 1 atom stereocenters. The van der Waals surface area contributed by atoms with Crippen molar-refractivity contribution < 1.29 is 19.1 Å². The summed E-state index contributed by atoms with van der Waals surface area (Å²) in [5, 5.41) is 5.24. The number of fused-ring (bicyclic) bond motifs is 2. The fourth-order valence-electron chi connectivity index (χ4n) is 2.23. The zero-order valence-electron chi connectivity index (χ0n) is 13.6. The van der Waals surface area contributed by atoms with Crippen LogP contribution in [0, 0.1) is 0 Å². The number of hydrogen-bond donors (Lipinski definition) is 2. The number of nitrogens with one attached hydrogen (secondary N) is 2. The monoisotopic (exact) mass is 330 g/mol. The van der Waals surface area contributed by atoms with E-state index in [4.69, 9.17) is 9.47 Å². The summed E-state index contributed by atoms with van der Waals surface area (Å²) in [7, 11) is 0. The topological polar surface area (TPSA) is 102 Å². The van der Waals surface area contributed by atoms with Gasteiger partial charge in [-0.2, -0.15) is 0 Å². The van der Waals surface area contributed by atoms with Gasteiger partial charge in [0.15, 0.2) is 0 Å². The van der Waals surface area contributed by atoms with E-state index in [1.54, 1.807) is 45.3 Å². The van der Waals surface area contributed by atoms with Gasteiger partial charge < -0.3 is 20.1 Å². The Bertz CT molecular complexity index is 800. The van der Waals surface area contributed by atoms with Crippen LogP contribution in [-0.4, -0.2) is 40.2 Å². The Morgan fingerprint density at radius 3 is 2.62 bits per heavy atom. The van der Waals surface area contributed by atoms with Gasteiger partial charge in [0.25, 0.3) is 5.91 Å². The molecule has 1 aliphatic rings. The number of carbonyl (C=O) groups excluding carboxylic acids is 2. The van der Waals surface area contributed by atoms with E-state index < -0.39 is 17.7 Å². The summed E-state index contributed by atoms with van der Waals surface area (Å²) in [4.78, 5) is 32.6. The van der Waals surface area contributed by atoms with Gasteiger partial charge >= 0.3 is 6.09 Å². The predicted molar refractivity (Wildman–Crippen MR) is 86.8 cm³/mol. The van der Waals surface area contributed by atoms with Gasteiger partial charge in [0.05, 0.1) is 16.7 Å². The van der Waals surface area contributed by atoms with Gasteiger partial charge in [0.2, 0.25) is 0 Å². The molecule has 8 nitrogen and oxygen atoms in total. The highest BCUT2D eigenvalue weighted by molar-refractivity contribution is 6.00. The quantitative estimate of drug-likeness (QED) is 0.827. The van der Waals surface area contributed by atoms with Crippen LogP contribution >= 0.6 is 0 Å². The van der Waals surface area contributed by atoms with Crippen LogP contribution in [0.5, 0.6) is 5.75 Å². The molecule has 2 amide bonds. The molecule has 1 aliphatic heterocycles. The van der Waals surface area contributed by atoms with E-state index in [0.29, 0.717) is 22.5 Å². The smallest absolute Gasteiger partial charge is 0.408 e.